The Kier molecular flexibility index (Phi) is 7.47. The zero-order valence-electron chi connectivity index (χ0n) is 26.7. The summed E-state index contributed by atoms with van der Waals surface area (Å²) in [5.74, 6) is -0.681. The number of nitrogens with one attached hydrogen (secondary N) is 1. The van der Waals surface area contributed by atoms with E-state index in [1.165, 1.54) is 6.07 Å². The first-order chi connectivity index (χ1) is 21.7. The summed E-state index contributed by atoms with van der Waals surface area (Å²) >= 11 is 0. The highest BCUT2D eigenvalue weighted by Gasteiger charge is 2.64. The molecule has 2 heterocycles. The van der Waals surface area contributed by atoms with Crippen LogP contribution in [0.25, 0.3) is 11.3 Å². The van der Waals surface area contributed by atoms with Crippen LogP contribution >= 0.6 is 0 Å². The van der Waals surface area contributed by atoms with Crippen LogP contribution in [0.15, 0.2) is 53.4 Å². The second kappa shape index (κ2) is 10.9. The molecule has 4 bridgehead atoms. The molecular formula is C35H41F3N4O3S. The van der Waals surface area contributed by atoms with Gasteiger partial charge in [0.1, 0.15) is 0 Å². The normalized spacial score (nSPS) is 29.4. The lowest BCUT2D eigenvalue weighted by atomic mass is 9.46. The zero-order chi connectivity index (χ0) is 32.6. The molecule has 2 atom stereocenters. The first-order valence-corrected chi connectivity index (χ1v) is 17.6. The van der Waals surface area contributed by atoms with Gasteiger partial charge in [-0.3, -0.25) is 0 Å². The third-order valence-electron chi connectivity index (χ3n) is 11.2. The number of benzene rings is 2. The predicted molar refractivity (Wildman–Crippen MR) is 170 cm³/mol. The van der Waals surface area contributed by atoms with E-state index in [2.05, 4.69) is 33.7 Å². The number of sulfonamides is 1. The van der Waals surface area contributed by atoms with E-state index in [4.69, 9.17) is 4.74 Å². The van der Waals surface area contributed by atoms with Crippen LogP contribution in [0, 0.1) is 36.5 Å². The van der Waals surface area contributed by atoms with Crippen LogP contribution in [0.1, 0.15) is 67.6 Å². The first-order valence-electron chi connectivity index (χ1n) is 16.1. The summed E-state index contributed by atoms with van der Waals surface area (Å²) in [5.41, 5.74) is 2.41. The van der Waals surface area contributed by atoms with Crippen molar-refractivity contribution in [3.05, 3.63) is 65.2 Å². The van der Waals surface area contributed by atoms with E-state index in [1.54, 1.807) is 18.2 Å². The van der Waals surface area contributed by atoms with Crippen LogP contribution < -0.4 is 9.46 Å². The molecule has 0 amide bonds. The van der Waals surface area contributed by atoms with Gasteiger partial charge in [-0.2, -0.15) is 18.2 Å². The third-order valence-corrected chi connectivity index (χ3v) is 12.6. The molecule has 0 saturated heterocycles. The quantitative estimate of drug-likeness (QED) is 0.307. The molecule has 3 fully saturated rings. The van der Waals surface area contributed by atoms with Gasteiger partial charge in [-0.05, 0) is 119 Å². The van der Waals surface area contributed by atoms with Crippen LogP contribution in [0.2, 0.25) is 0 Å². The number of hydrogen-bond donors (Lipinski definition) is 1. The smallest absolute Gasteiger partial charge is 0.394 e. The van der Waals surface area contributed by atoms with E-state index in [9.17, 15) is 21.6 Å². The molecule has 1 N–H and O–H groups in total. The lowest BCUT2D eigenvalue weighted by Crippen LogP contribution is -2.56. The van der Waals surface area contributed by atoms with Gasteiger partial charge < -0.3 is 9.64 Å². The van der Waals surface area contributed by atoms with Gasteiger partial charge in [-0.1, -0.05) is 30.3 Å². The SMILES string of the molecule is Cc1cccc(C)c1-c1cc2nc(n1)NS(=O)(=O)c1cccc(c1)C([C@H]1CC3(C1)C[C@H](N(C)C)C3)[C@H](CC1(C(F)(F)F)CC1)CO2. The van der Waals surface area contributed by atoms with Gasteiger partial charge >= 0.3 is 6.18 Å². The van der Waals surface area contributed by atoms with Crippen LogP contribution in [-0.4, -0.2) is 56.2 Å². The highest BCUT2D eigenvalue weighted by atomic mass is 32.2. The van der Waals surface area contributed by atoms with Crippen LogP contribution in [-0.2, 0) is 10.0 Å². The molecule has 4 aliphatic rings. The summed E-state index contributed by atoms with van der Waals surface area (Å²) in [7, 11) is 0.0589. The van der Waals surface area contributed by atoms with Gasteiger partial charge in [0.2, 0.25) is 11.8 Å². The van der Waals surface area contributed by atoms with E-state index in [0.717, 1.165) is 47.9 Å². The number of alkyl halides is 3. The maximum atomic E-state index is 14.5. The third kappa shape index (κ3) is 5.57. The Morgan fingerprint density at radius 1 is 0.978 bits per heavy atom. The number of halogens is 3. The first kappa shape index (κ1) is 31.4. The topological polar surface area (TPSA) is 84.4 Å². The van der Waals surface area contributed by atoms with Crippen molar-refractivity contribution in [2.45, 2.75) is 81.8 Å². The Bertz CT molecular complexity index is 1740. The second-order valence-corrected chi connectivity index (χ2v) is 16.3. The van der Waals surface area contributed by atoms with Crippen molar-refractivity contribution >= 4 is 16.0 Å². The van der Waals surface area contributed by atoms with Gasteiger partial charge in [-0.25, -0.2) is 18.1 Å². The zero-order valence-corrected chi connectivity index (χ0v) is 27.5. The number of nitrogens with zero attached hydrogens (tertiary/aromatic N) is 3. The Hall–Kier alpha value is -3.18. The summed E-state index contributed by atoms with van der Waals surface area (Å²) in [4.78, 5) is 11.3. The van der Waals surface area contributed by atoms with Crippen molar-refractivity contribution in [3.8, 4) is 17.1 Å². The number of hydrogen-bond acceptors (Lipinski definition) is 6. The Labute approximate surface area is 269 Å². The molecule has 7 nitrogen and oxygen atoms in total. The molecule has 2 aromatic carbocycles. The van der Waals surface area contributed by atoms with Crippen molar-refractivity contribution in [2.24, 2.45) is 22.7 Å². The van der Waals surface area contributed by atoms with Gasteiger partial charge in [0.15, 0.2) is 0 Å². The Morgan fingerprint density at radius 2 is 1.65 bits per heavy atom. The number of fused-ring (bicyclic) bond motifs is 4. The molecule has 1 spiro atoms. The lowest BCUT2D eigenvalue weighted by molar-refractivity contribution is -0.194. The van der Waals surface area contributed by atoms with Crippen molar-refractivity contribution < 1.29 is 26.3 Å². The number of anilines is 1. The van der Waals surface area contributed by atoms with Crippen molar-refractivity contribution in [1.29, 1.82) is 0 Å². The van der Waals surface area contributed by atoms with E-state index < -0.39 is 27.5 Å². The molecule has 1 aliphatic heterocycles. The Balaban J connectivity index is 1.31. The van der Waals surface area contributed by atoms with Crippen molar-refractivity contribution in [2.75, 3.05) is 25.4 Å². The second-order valence-electron chi connectivity index (χ2n) is 14.6. The van der Waals surface area contributed by atoms with Crippen LogP contribution in [0.5, 0.6) is 5.88 Å². The van der Waals surface area contributed by atoms with Crippen molar-refractivity contribution in [1.82, 2.24) is 14.9 Å². The molecule has 1 aromatic heterocycles. The highest BCUT2D eigenvalue weighted by Crippen LogP contribution is 2.66. The maximum Gasteiger partial charge on any atom is 0.394 e. The average molecular weight is 655 g/mol. The molecule has 11 heteroatoms. The molecule has 1 unspecified atom stereocenters. The summed E-state index contributed by atoms with van der Waals surface area (Å²) in [5, 5.41) is 0. The van der Waals surface area contributed by atoms with Crippen molar-refractivity contribution in [3.63, 3.8) is 0 Å². The fourth-order valence-electron chi connectivity index (χ4n) is 8.57. The minimum Gasteiger partial charge on any atom is -0.477 e. The summed E-state index contributed by atoms with van der Waals surface area (Å²) < 4.78 is 79.8. The standard InChI is InChI=1S/C35H41F3N4O3S/c1-21-7-5-8-22(2)30(21)28-14-29-40-32(39-28)41-46(43,44)27-10-6-9-23(13-27)31(24-15-33(16-24)18-26(19-33)42(3)4)25(20-45-29)17-34(11-12-34)35(36,37)38/h5-10,13-14,24-26,31H,11-12,15-20H2,1-4H3,(H,39,40,41)/t24-,25-,26-,31?,33?/m1/s1. The minimum atomic E-state index is -4.32. The molecule has 7 rings (SSSR count). The summed E-state index contributed by atoms with van der Waals surface area (Å²) in [6.45, 7) is 3.92. The Morgan fingerprint density at radius 3 is 2.28 bits per heavy atom. The van der Waals surface area contributed by atoms with E-state index in [0.29, 0.717) is 11.7 Å². The number of aryl methyl sites for hydroxylation is 2. The van der Waals surface area contributed by atoms with Gasteiger partial charge in [0.25, 0.3) is 10.0 Å². The minimum absolute atomic E-state index is 0.0337. The van der Waals surface area contributed by atoms with E-state index in [-0.39, 0.29) is 59.8 Å². The van der Waals surface area contributed by atoms with Crippen LogP contribution in [0.4, 0.5) is 19.1 Å². The number of rotatable bonds is 5. The largest absolute Gasteiger partial charge is 0.477 e. The molecule has 3 aliphatic carbocycles. The highest BCUT2D eigenvalue weighted by molar-refractivity contribution is 7.92. The number of ether oxygens (including phenoxy) is 1. The lowest BCUT2D eigenvalue weighted by Gasteiger charge is -2.61. The molecule has 0 radical (unpaired) electrons. The predicted octanol–water partition coefficient (Wildman–Crippen LogP) is 7.51. The molecule has 246 valence electrons. The molecule has 3 aromatic rings. The molecule has 46 heavy (non-hydrogen) atoms. The monoisotopic (exact) mass is 654 g/mol. The molecule has 3 saturated carbocycles. The average Bonchev–Trinajstić information content (AvgIpc) is 3.72. The molecular weight excluding hydrogens is 613 g/mol. The van der Waals surface area contributed by atoms with E-state index >= 15 is 0 Å². The van der Waals surface area contributed by atoms with E-state index in [1.807, 2.05) is 38.1 Å². The maximum absolute atomic E-state index is 14.5. The number of aromatic nitrogens is 2. The summed E-state index contributed by atoms with van der Waals surface area (Å²) in [6.07, 6.45) is -0.178. The van der Waals surface area contributed by atoms with Crippen LogP contribution in [0.3, 0.4) is 0 Å². The fraction of sp³-hybridized carbons (Fsp3) is 0.543. The van der Waals surface area contributed by atoms with Gasteiger partial charge in [-0.15, -0.1) is 0 Å². The fourth-order valence-corrected chi connectivity index (χ4v) is 9.57. The van der Waals surface area contributed by atoms with Gasteiger partial charge in [0, 0.05) is 23.6 Å². The van der Waals surface area contributed by atoms with Gasteiger partial charge in [0.05, 0.1) is 22.6 Å². The summed E-state index contributed by atoms with van der Waals surface area (Å²) in [6, 6.07) is 14.7.